The van der Waals surface area contributed by atoms with Gasteiger partial charge in [-0.25, -0.2) is 0 Å². The zero-order chi connectivity index (χ0) is 12.4. The SMILES string of the molecule is CO[SiH](OC)C1NC(C)CC2CCCC(C)C21. The molecule has 0 aromatic heterocycles. The van der Waals surface area contributed by atoms with Crippen molar-refractivity contribution in [2.24, 2.45) is 17.8 Å². The molecular formula is C13H27NO2Si. The average molecular weight is 257 g/mol. The lowest BCUT2D eigenvalue weighted by atomic mass is 9.68. The van der Waals surface area contributed by atoms with Crippen molar-refractivity contribution in [1.82, 2.24) is 5.32 Å². The van der Waals surface area contributed by atoms with Crippen LogP contribution < -0.4 is 5.32 Å². The molecule has 1 heterocycles. The minimum atomic E-state index is -1.56. The molecule has 1 aliphatic heterocycles. The van der Waals surface area contributed by atoms with Crippen molar-refractivity contribution in [3.63, 3.8) is 0 Å². The molecule has 5 atom stereocenters. The van der Waals surface area contributed by atoms with Crippen LogP contribution in [0.2, 0.25) is 0 Å². The van der Waals surface area contributed by atoms with Crippen LogP contribution in [0.1, 0.15) is 39.5 Å². The number of piperidine rings is 1. The van der Waals surface area contributed by atoms with Gasteiger partial charge in [-0.1, -0.05) is 26.2 Å². The van der Waals surface area contributed by atoms with Crippen LogP contribution in [0.25, 0.3) is 0 Å². The van der Waals surface area contributed by atoms with Gasteiger partial charge in [-0.2, -0.15) is 0 Å². The Hall–Kier alpha value is 0.0969. The lowest BCUT2D eigenvalue weighted by Crippen LogP contribution is -2.61. The molecule has 3 nitrogen and oxygen atoms in total. The van der Waals surface area contributed by atoms with Crippen LogP contribution in [0.15, 0.2) is 0 Å². The number of rotatable bonds is 3. The zero-order valence-electron chi connectivity index (χ0n) is 11.6. The molecule has 4 heteroatoms. The molecule has 0 aromatic rings. The molecule has 1 saturated carbocycles. The first-order chi connectivity index (χ1) is 8.17. The second-order valence-corrected chi connectivity index (χ2v) is 8.31. The first-order valence-corrected chi connectivity index (χ1v) is 8.60. The average Bonchev–Trinajstić information content (AvgIpc) is 2.30. The van der Waals surface area contributed by atoms with Crippen LogP contribution >= 0.6 is 0 Å². The van der Waals surface area contributed by atoms with Crippen molar-refractivity contribution >= 4 is 9.28 Å². The quantitative estimate of drug-likeness (QED) is 0.783. The van der Waals surface area contributed by atoms with Gasteiger partial charge in [0, 0.05) is 20.3 Å². The van der Waals surface area contributed by atoms with Crippen molar-refractivity contribution < 1.29 is 8.85 Å². The third kappa shape index (κ3) is 2.75. The molecule has 0 aromatic carbocycles. The molecule has 100 valence electrons. The van der Waals surface area contributed by atoms with Crippen LogP contribution in [0.5, 0.6) is 0 Å². The molecular weight excluding hydrogens is 230 g/mol. The number of nitrogens with one attached hydrogen (secondary N) is 1. The fourth-order valence-electron chi connectivity index (χ4n) is 4.08. The summed E-state index contributed by atoms with van der Waals surface area (Å²) in [5.74, 6) is 2.48. The highest BCUT2D eigenvalue weighted by Crippen LogP contribution is 2.42. The van der Waals surface area contributed by atoms with Gasteiger partial charge < -0.3 is 14.2 Å². The smallest absolute Gasteiger partial charge is 0.338 e. The van der Waals surface area contributed by atoms with Crippen molar-refractivity contribution in [2.45, 2.75) is 51.2 Å². The van der Waals surface area contributed by atoms with E-state index in [0.717, 1.165) is 17.8 Å². The van der Waals surface area contributed by atoms with Gasteiger partial charge in [0.1, 0.15) is 0 Å². The second-order valence-electron chi connectivity index (χ2n) is 5.91. The Bertz CT molecular complexity index is 248. The molecule has 0 bridgehead atoms. The second kappa shape index (κ2) is 5.82. The summed E-state index contributed by atoms with van der Waals surface area (Å²) in [4.78, 5) is 0. The van der Waals surface area contributed by atoms with Crippen molar-refractivity contribution in [2.75, 3.05) is 14.2 Å². The molecule has 0 spiro atoms. The third-order valence-corrected chi connectivity index (χ3v) is 6.89. The van der Waals surface area contributed by atoms with E-state index in [0.29, 0.717) is 11.7 Å². The zero-order valence-corrected chi connectivity index (χ0v) is 12.8. The van der Waals surface area contributed by atoms with Crippen LogP contribution in [0.4, 0.5) is 0 Å². The maximum atomic E-state index is 5.64. The first kappa shape index (κ1) is 13.5. The van der Waals surface area contributed by atoms with Crippen LogP contribution in [-0.2, 0) is 8.85 Å². The minimum absolute atomic E-state index is 0.494. The van der Waals surface area contributed by atoms with Crippen LogP contribution in [-0.4, -0.2) is 35.2 Å². The predicted octanol–water partition coefficient (Wildman–Crippen LogP) is 1.84. The Labute approximate surface area is 107 Å². The van der Waals surface area contributed by atoms with Crippen molar-refractivity contribution in [3.8, 4) is 0 Å². The molecule has 5 unspecified atom stereocenters. The van der Waals surface area contributed by atoms with Gasteiger partial charge >= 0.3 is 9.28 Å². The lowest BCUT2D eigenvalue weighted by Gasteiger charge is -2.48. The molecule has 2 rings (SSSR count). The maximum absolute atomic E-state index is 5.64. The standard InChI is InChI=1S/C13H27NO2Si/c1-9-6-5-7-11-8-10(2)14-13(12(9)11)17(15-3)16-4/h9-14,17H,5-8H2,1-4H3. The van der Waals surface area contributed by atoms with Crippen LogP contribution in [0, 0.1) is 17.8 Å². The lowest BCUT2D eigenvalue weighted by molar-refractivity contribution is 0.0733. The summed E-state index contributed by atoms with van der Waals surface area (Å²) in [5, 5.41) is 3.76. The van der Waals surface area contributed by atoms with Gasteiger partial charge in [-0.05, 0) is 31.1 Å². The highest BCUT2D eigenvalue weighted by molar-refractivity contribution is 6.46. The highest BCUT2D eigenvalue weighted by Gasteiger charge is 2.45. The first-order valence-electron chi connectivity index (χ1n) is 6.99. The Morgan fingerprint density at radius 3 is 2.47 bits per heavy atom. The fraction of sp³-hybridized carbons (Fsp3) is 1.00. The third-order valence-electron chi connectivity index (χ3n) is 4.74. The van der Waals surface area contributed by atoms with E-state index in [9.17, 15) is 0 Å². The van der Waals surface area contributed by atoms with E-state index in [1.807, 2.05) is 14.2 Å². The maximum Gasteiger partial charge on any atom is 0.338 e. The summed E-state index contributed by atoms with van der Waals surface area (Å²) in [6.07, 6.45) is 5.53. The van der Waals surface area contributed by atoms with E-state index in [4.69, 9.17) is 8.85 Å². The van der Waals surface area contributed by atoms with Gasteiger partial charge in [0.15, 0.2) is 0 Å². The topological polar surface area (TPSA) is 30.5 Å². The van der Waals surface area contributed by atoms with E-state index >= 15 is 0 Å². The van der Waals surface area contributed by atoms with Gasteiger partial charge in [-0.15, -0.1) is 0 Å². The molecule has 1 saturated heterocycles. The van der Waals surface area contributed by atoms with Gasteiger partial charge in [0.05, 0.1) is 5.67 Å². The molecule has 1 aliphatic carbocycles. The van der Waals surface area contributed by atoms with Gasteiger partial charge in [0.2, 0.25) is 0 Å². The van der Waals surface area contributed by atoms with E-state index in [1.165, 1.54) is 25.7 Å². The largest absolute Gasteiger partial charge is 0.399 e. The summed E-state index contributed by atoms with van der Waals surface area (Å²) in [6.45, 7) is 4.72. The molecule has 17 heavy (non-hydrogen) atoms. The number of hydrogen-bond donors (Lipinski definition) is 1. The Balaban J connectivity index is 2.15. The van der Waals surface area contributed by atoms with E-state index in [1.54, 1.807) is 0 Å². The summed E-state index contributed by atoms with van der Waals surface area (Å²) in [5.41, 5.74) is 0.494. The predicted molar refractivity (Wildman–Crippen MR) is 72.2 cm³/mol. The van der Waals surface area contributed by atoms with Crippen molar-refractivity contribution in [1.29, 1.82) is 0 Å². The Kier molecular flexibility index (Phi) is 4.63. The molecule has 2 aliphatic rings. The van der Waals surface area contributed by atoms with E-state index < -0.39 is 9.28 Å². The van der Waals surface area contributed by atoms with E-state index in [2.05, 4.69) is 19.2 Å². The number of hydrogen-bond acceptors (Lipinski definition) is 3. The summed E-state index contributed by atoms with van der Waals surface area (Å²) >= 11 is 0. The van der Waals surface area contributed by atoms with Gasteiger partial charge in [-0.3, -0.25) is 0 Å². The van der Waals surface area contributed by atoms with E-state index in [-0.39, 0.29) is 0 Å². The normalized spacial score (nSPS) is 42.5. The van der Waals surface area contributed by atoms with Crippen molar-refractivity contribution in [3.05, 3.63) is 0 Å². The molecule has 1 N–H and O–H groups in total. The Morgan fingerprint density at radius 2 is 1.82 bits per heavy atom. The number of fused-ring (bicyclic) bond motifs is 1. The minimum Gasteiger partial charge on any atom is -0.399 e. The monoisotopic (exact) mass is 257 g/mol. The van der Waals surface area contributed by atoms with Gasteiger partial charge in [0.25, 0.3) is 0 Å². The highest BCUT2D eigenvalue weighted by atomic mass is 28.3. The molecule has 0 radical (unpaired) electrons. The fourth-order valence-corrected chi connectivity index (χ4v) is 6.41. The molecule has 2 fully saturated rings. The van der Waals surface area contributed by atoms with Crippen LogP contribution in [0.3, 0.4) is 0 Å². The summed E-state index contributed by atoms with van der Waals surface area (Å²) in [6, 6.07) is 0.617. The summed E-state index contributed by atoms with van der Waals surface area (Å²) in [7, 11) is 2.06. The summed E-state index contributed by atoms with van der Waals surface area (Å²) < 4.78 is 11.3. The Morgan fingerprint density at radius 1 is 1.12 bits per heavy atom. The molecule has 0 amide bonds.